The number of aliphatic hydroxyl groups is 1. The fourth-order valence-corrected chi connectivity index (χ4v) is 3.66. The molecule has 0 radical (unpaired) electrons. The van der Waals surface area contributed by atoms with Gasteiger partial charge in [0.1, 0.15) is 17.2 Å². The number of likely N-dealkylation sites (tertiary alicyclic amines) is 1. The number of nitrogens with two attached hydrogens (primary N) is 1. The maximum absolute atomic E-state index is 12.7. The van der Waals surface area contributed by atoms with Gasteiger partial charge in [0.25, 0.3) is 11.8 Å². The van der Waals surface area contributed by atoms with Gasteiger partial charge in [-0.05, 0) is 49.7 Å². The van der Waals surface area contributed by atoms with Crippen molar-refractivity contribution in [2.45, 2.75) is 31.5 Å². The zero-order chi connectivity index (χ0) is 23.1. The molecular weight excluding hydrogens is 414 g/mol. The summed E-state index contributed by atoms with van der Waals surface area (Å²) in [6.45, 7) is 1.43. The van der Waals surface area contributed by atoms with E-state index < -0.39 is 18.1 Å². The van der Waals surface area contributed by atoms with E-state index in [0.717, 1.165) is 18.5 Å². The predicted molar refractivity (Wildman–Crippen MR) is 118 cm³/mol. The zero-order valence-corrected chi connectivity index (χ0v) is 18.0. The number of aliphatic hydroxyl groups excluding tert-OH is 1. The van der Waals surface area contributed by atoms with Gasteiger partial charge in [-0.2, -0.15) is 0 Å². The highest BCUT2D eigenvalue weighted by Crippen LogP contribution is 2.25. The predicted octanol–water partition coefficient (Wildman–Crippen LogP) is 1.02. The molecule has 2 aromatic carbocycles. The van der Waals surface area contributed by atoms with Crippen molar-refractivity contribution in [3.05, 3.63) is 53.6 Å². The summed E-state index contributed by atoms with van der Waals surface area (Å²) < 4.78 is 10.3. The zero-order valence-electron chi connectivity index (χ0n) is 18.0. The topological polar surface area (TPSA) is 134 Å². The molecule has 0 bridgehead atoms. The van der Waals surface area contributed by atoms with Gasteiger partial charge < -0.3 is 30.7 Å². The van der Waals surface area contributed by atoms with Gasteiger partial charge in [0.05, 0.1) is 19.3 Å². The Balaban J connectivity index is 1.63. The number of aromatic hydroxyl groups is 1. The van der Waals surface area contributed by atoms with Crippen molar-refractivity contribution in [2.75, 3.05) is 26.8 Å². The molecule has 1 fully saturated rings. The van der Waals surface area contributed by atoms with Crippen molar-refractivity contribution < 1.29 is 29.3 Å². The lowest BCUT2D eigenvalue weighted by molar-refractivity contribution is -0.119. The van der Waals surface area contributed by atoms with Gasteiger partial charge in [0.15, 0.2) is 6.61 Å². The molecule has 1 aliphatic rings. The molecule has 1 heterocycles. The summed E-state index contributed by atoms with van der Waals surface area (Å²) >= 11 is 0. The summed E-state index contributed by atoms with van der Waals surface area (Å²) in [6, 6.07) is 11.0. The number of carbonyl (C=O) groups is 2. The van der Waals surface area contributed by atoms with Crippen LogP contribution in [0.15, 0.2) is 42.5 Å². The van der Waals surface area contributed by atoms with Gasteiger partial charge in [-0.3, -0.25) is 14.5 Å². The monoisotopic (exact) mass is 443 g/mol. The standard InChI is InChI=1S/C23H29N3O6/c1-31-18-9-6-16(21(28)11-18)12-26-10-2-3-20(27)19(13-26)25-23(30)15-4-7-17(8-5-15)32-14-22(24)29/h4-9,11,19-20,27-28H,2-3,10,12-14H2,1H3,(H2,24,29)(H,25,30)/t19-,20-/m1/s1. The third-order valence-electron chi connectivity index (χ3n) is 5.39. The molecule has 3 rings (SSSR count). The van der Waals surface area contributed by atoms with Crippen LogP contribution in [0.25, 0.3) is 0 Å². The van der Waals surface area contributed by atoms with Gasteiger partial charge in [-0.1, -0.05) is 6.07 Å². The number of carbonyl (C=O) groups excluding carboxylic acids is 2. The van der Waals surface area contributed by atoms with Crippen molar-refractivity contribution >= 4 is 11.8 Å². The Morgan fingerprint density at radius 2 is 1.91 bits per heavy atom. The Labute approximate surface area is 186 Å². The number of rotatable bonds is 8. The number of hydrogen-bond donors (Lipinski definition) is 4. The molecule has 0 saturated carbocycles. The quantitative estimate of drug-likeness (QED) is 0.478. The van der Waals surface area contributed by atoms with Crippen molar-refractivity contribution in [1.82, 2.24) is 10.2 Å². The molecule has 32 heavy (non-hydrogen) atoms. The molecule has 2 atom stereocenters. The number of primary amides is 1. The Morgan fingerprint density at radius 3 is 2.56 bits per heavy atom. The van der Waals surface area contributed by atoms with E-state index in [1.807, 2.05) is 6.07 Å². The number of benzene rings is 2. The Bertz CT molecular complexity index is 934. The van der Waals surface area contributed by atoms with Crippen molar-refractivity contribution in [3.8, 4) is 17.2 Å². The molecule has 2 aromatic rings. The van der Waals surface area contributed by atoms with E-state index in [-0.39, 0.29) is 18.3 Å². The lowest BCUT2D eigenvalue weighted by atomic mass is 10.1. The van der Waals surface area contributed by atoms with E-state index >= 15 is 0 Å². The molecule has 1 saturated heterocycles. The maximum Gasteiger partial charge on any atom is 0.255 e. The SMILES string of the molecule is COc1ccc(CN2CCC[C@@H](O)[C@H](NC(=O)c3ccc(OCC(N)=O)cc3)C2)c(O)c1. The van der Waals surface area contributed by atoms with Crippen LogP contribution in [0.2, 0.25) is 0 Å². The average molecular weight is 444 g/mol. The second-order valence-electron chi connectivity index (χ2n) is 7.80. The fraction of sp³-hybridized carbons (Fsp3) is 0.391. The van der Waals surface area contributed by atoms with Crippen LogP contribution < -0.4 is 20.5 Å². The molecule has 5 N–H and O–H groups in total. The molecule has 9 nitrogen and oxygen atoms in total. The second kappa shape index (κ2) is 10.8. The Hall–Kier alpha value is -3.30. The Morgan fingerprint density at radius 1 is 1.19 bits per heavy atom. The minimum absolute atomic E-state index is 0.147. The number of phenolic OH excluding ortho intramolecular Hbond substituents is 1. The number of methoxy groups -OCH3 is 1. The molecule has 0 spiro atoms. The maximum atomic E-state index is 12.7. The molecule has 0 aromatic heterocycles. The normalized spacial score (nSPS) is 19.1. The summed E-state index contributed by atoms with van der Waals surface area (Å²) in [5.41, 5.74) is 6.21. The minimum Gasteiger partial charge on any atom is -0.507 e. The molecule has 1 aliphatic heterocycles. The van der Waals surface area contributed by atoms with Crippen LogP contribution in [-0.2, 0) is 11.3 Å². The molecule has 9 heteroatoms. The third kappa shape index (κ3) is 6.35. The number of nitrogens with one attached hydrogen (secondary N) is 1. The molecule has 2 amide bonds. The number of phenols is 1. The van der Waals surface area contributed by atoms with E-state index in [0.29, 0.717) is 36.6 Å². The first-order valence-corrected chi connectivity index (χ1v) is 10.4. The number of nitrogens with zero attached hydrogens (tertiary/aromatic N) is 1. The first-order chi connectivity index (χ1) is 15.4. The van der Waals surface area contributed by atoms with Gasteiger partial charge >= 0.3 is 0 Å². The lowest BCUT2D eigenvalue weighted by Gasteiger charge is -2.27. The summed E-state index contributed by atoms with van der Waals surface area (Å²) in [5, 5.41) is 23.7. The first kappa shape index (κ1) is 23.4. The molecule has 172 valence electrons. The summed E-state index contributed by atoms with van der Waals surface area (Å²) in [7, 11) is 1.54. The smallest absolute Gasteiger partial charge is 0.255 e. The van der Waals surface area contributed by atoms with E-state index in [4.69, 9.17) is 15.2 Å². The highest BCUT2D eigenvalue weighted by Gasteiger charge is 2.27. The minimum atomic E-state index is -0.674. The molecule has 0 unspecified atom stereocenters. The van der Waals surface area contributed by atoms with E-state index in [9.17, 15) is 19.8 Å². The van der Waals surface area contributed by atoms with Gasteiger partial charge in [-0.25, -0.2) is 0 Å². The number of amides is 2. The highest BCUT2D eigenvalue weighted by molar-refractivity contribution is 5.94. The molecular formula is C23H29N3O6. The second-order valence-corrected chi connectivity index (χ2v) is 7.80. The fourth-order valence-electron chi connectivity index (χ4n) is 3.66. The third-order valence-corrected chi connectivity index (χ3v) is 5.39. The largest absolute Gasteiger partial charge is 0.507 e. The van der Waals surface area contributed by atoms with Crippen LogP contribution in [0.5, 0.6) is 17.2 Å². The van der Waals surface area contributed by atoms with Gasteiger partial charge in [0.2, 0.25) is 0 Å². The van der Waals surface area contributed by atoms with Crippen LogP contribution in [0.4, 0.5) is 0 Å². The van der Waals surface area contributed by atoms with Crippen LogP contribution in [-0.4, -0.2) is 65.9 Å². The molecule has 0 aliphatic carbocycles. The van der Waals surface area contributed by atoms with Crippen LogP contribution in [0.3, 0.4) is 0 Å². The van der Waals surface area contributed by atoms with E-state index in [2.05, 4.69) is 10.2 Å². The number of hydrogen-bond acceptors (Lipinski definition) is 7. The number of ether oxygens (including phenoxy) is 2. The van der Waals surface area contributed by atoms with Crippen LogP contribution in [0.1, 0.15) is 28.8 Å². The van der Waals surface area contributed by atoms with Crippen molar-refractivity contribution in [2.24, 2.45) is 5.73 Å². The van der Waals surface area contributed by atoms with E-state index in [1.54, 1.807) is 43.5 Å². The van der Waals surface area contributed by atoms with Crippen molar-refractivity contribution in [3.63, 3.8) is 0 Å². The summed E-state index contributed by atoms with van der Waals surface area (Å²) in [5.74, 6) is 0.258. The van der Waals surface area contributed by atoms with Crippen molar-refractivity contribution in [1.29, 1.82) is 0 Å². The highest BCUT2D eigenvalue weighted by atomic mass is 16.5. The Kier molecular flexibility index (Phi) is 7.91. The van der Waals surface area contributed by atoms with Crippen LogP contribution in [0, 0.1) is 0 Å². The summed E-state index contributed by atoms with van der Waals surface area (Å²) in [4.78, 5) is 25.6. The van der Waals surface area contributed by atoms with Crippen LogP contribution >= 0.6 is 0 Å². The van der Waals surface area contributed by atoms with Gasteiger partial charge in [0, 0.05) is 30.3 Å². The summed E-state index contributed by atoms with van der Waals surface area (Å²) in [6.07, 6.45) is 0.665. The average Bonchev–Trinajstić information content (AvgIpc) is 2.94. The lowest BCUT2D eigenvalue weighted by Crippen LogP contribution is -2.48. The van der Waals surface area contributed by atoms with Gasteiger partial charge in [-0.15, -0.1) is 0 Å². The first-order valence-electron chi connectivity index (χ1n) is 10.4. The van der Waals surface area contributed by atoms with E-state index in [1.165, 1.54) is 0 Å².